The Labute approximate surface area is 384 Å². The van der Waals surface area contributed by atoms with Gasteiger partial charge in [-0.05, 0) is 0 Å². The number of hydrogen-bond acceptors (Lipinski definition) is 35. The minimum atomic E-state index is -2.31. The molecule has 0 aromatic heterocycles. The average molecular weight is 1160 g/mol. The number of carbonyl (C=O) groups is 5. The summed E-state index contributed by atoms with van der Waals surface area (Å²) in [4.78, 5) is 49.9. The van der Waals surface area contributed by atoms with Gasteiger partial charge >= 0.3 is 22.4 Å². The van der Waals surface area contributed by atoms with Gasteiger partial charge in [-0.1, -0.05) is 0 Å². The molecule has 0 rings (SSSR count). The zero-order valence-corrected chi connectivity index (χ0v) is 36.5. The van der Waals surface area contributed by atoms with Crippen molar-refractivity contribution in [1.29, 1.82) is 0 Å². The van der Waals surface area contributed by atoms with Crippen LogP contribution in [0.15, 0.2) is 0 Å². The molecular weight excluding hydrogens is 1100 g/mol. The van der Waals surface area contributed by atoms with Gasteiger partial charge in [-0.3, -0.25) is 0 Å². The van der Waals surface area contributed by atoms with E-state index in [1.54, 1.807) is 0 Å². The zero-order valence-electron chi connectivity index (χ0n) is 33.3. The largest absolute Gasteiger partial charge is 5.00 e. The SMILES string of the molecule is O=C([O-])[C@H](O)[C@@H](O)[C@H](O)[C@H](O)CO.O=C([O-])[C@H](O)[C@@H](O)[C@H](O)[C@H](O)CO.O=C([O-])[C@H](O)[C@@H](O)[C@H](O)[C@H](O)CO.O=C([O-])[C@H](O)[C@@H](O)[C@H](O)[C@H](O)CO.O=C([O-])[C@H](O)[C@@H](O)[C@H](O)[C@H](O)CO.[Ta+5]. The van der Waals surface area contributed by atoms with Crippen LogP contribution in [0, 0.1) is 0 Å². The molecule has 0 saturated heterocycles. The molecule has 0 radical (unpaired) electrons. The van der Waals surface area contributed by atoms with Crippen LogP contribution in [-0.2, 0) is 46.4 Å². The number of aliphatic hydroxyl groups excluding tert-OH is 25. The third kappa shape index (κ3) is 29.1. The predicted octanol–water partition coefficient (Wildman–Crippen LogP) is -24.1. The summed E-state index contributed by atoms with van der Waals surface area (Å²) in [7, 11) is 0. The van der Waals surface area contributed by atoms with Crippen LogP contribution < -0.4 is 25.5 Å². The van der Waals surface area contributed by atoms with Gasteiger partial charge in [0.2, 0.25) is 0 Å². The molecule has 0 saturated carbocycles. The van der Waals surface area contributed by atoms with Gasteiger partial charge < -0.3 is 177 Å². The summed E-state index contributed by atoms with van der Waals surface area (Å²) in [5.74, 6) is -9.88. The van der Waals surface area contributed by atoms with E-state index >= 15 is 0 Å². The predicted molar refractivity (Wildman–Crippen MR) is 181 cm³/mol. The monoisotopic (exact) mass is 1160 g/mol. The molecule has 0 amide bonds. The van der Waals surface area contributed by atoms with Crippen LogP contribution in [0.3, 0.4) is 0 Å². The third-order valence-corrected chi connectivity index (χ3v) is 7.48. The number of aliphatic carboxylic acids is 5. The third-order valence-electron chi connectivity index (χ3n) is 7.48. The standard InChI is InChI=1S/5C6H12O7.Ta/c5*7-1-2(8)3(9)4(10)5(11)6(12)13;/h5*2-5,7-11H,1H2,(H,12,13);/q;;;;;+5/p-5/t5*2-,3-,4+,5-;/m11111./s1. The molecule has 66 heavy (non-hydrogen) atoms. The van der Waals surface area contributed by atoms with Crippen molar-refractivity contribution >= 4 is 29.8 Å². The summed E-state index contributed by atoms with van der Waals surface area (Å²) in [6.45, 7) is -4.32. The molecule has 0 unspecified atom stereocenters. The van der Waals surface area contributed by atoms with Crippen LogP contribution in [0.4, 0.5) is 0 Å². The Morgan fingerprint density at radius 2 is 0.333 bits per heavy atom. The van der Waals surface area contributed by atoms with Crippen molar-refractivity contribution in [3.8, 4) is 0 Å². The van der Waals surface area contributed by atoms with E-state index in [9.17, 15) is 49.5 Å². The molecular formula is C30H55O35Ta. The number of carboxylic acid groups (broad SMARTS) is 5. The quantitative estimate of drug-likeness (QED) is 0.0404. The van der Waals surface area contributed by atoms with Crippen molar-refractivity contribution in [3.63, 3.8) is 0 Å². The number of carbonyl (C=O) groups excluding carboxylic acids is 5. The number of hydrogen-bond donors (Lipinski definition) is 25. The molecule has 35 nitrogen and oxygen atoms in total. The molecule has 0 aliphatic carbocycles. The number of carboxylic acids is 5. The summed E-state index contributed by atoms with van der Waals surface area (Å²) in [5.41, 5.74) is 0. The van der Waals surface area contributed by atoms with Gasteiger partial charge in [0.15, 0.2) is 0 Å². The fourth-order valence-corrected chi connectivity index (χ4v) is 3.31. The first kappa shape index (κ1) is 74.6. The first-order valence-corrected chi connectivity index (χ1v) is 17.3. The van der Waals surface area contributed by atoms with Crippen LogP contribution in [0.2, 0.25) is 0 Å². The summed E-state index contributed by atoms with van der Waals surface area (Å²) in [5, 5.41) is 267. The van der Waals surface area contributed by atoms with Gasteiger partial charge in [-0.15, -0.1) is 0 Å². The van der Waals surface area contributed by atoms with E-state index in [4.69, 9.17) is 128 Å². The van der Waals surface area contributed by atoms with Gasteiger partial charge in [-0.25, -0.2) is 0 Å². The Bertz CT molecular complexity index is 1080. The summed E-state index contributed by atoms with van der Waals surface area (Å²) in [6.07, 6.45) is -40.4. The molecule has 0 fully saturated rings. The van der Waals surface area contributed by atoms with E-state index in [0.717, 1.165) is 0 Å². The van der Waals surface area contributed by atoms with Crippen LogP contribution in [0.1, 0.15) is 0 Å². The first-order chi connectivity index (χ1) is 29.6. The van der Waals surface area contributed by atoms with E-state index in [1.807, 2.05) is 0 Å². The fraction of sp³-hybridized carbons (Fsp3) is 0.833. The fourth-order valence-electron chi connectivity index (χ4n) is 3.31. The van der Waals surface area contributed by atoms with Gasteiger partial charge in [0, 0.05) is 0 Å². The smallest absolute Gasteiger partial charge is 0.547 e. The van der Waals surface area contributed by atoms with Crippen molar-refractivity contribution in [2.75, 3.05) is 33.0 Å². The molecule has 0 bridgehead atoms. The number of rotatable bonds is 25. The van der Waals surface area contributed by atoms with Crippen molar-refractivity contribution in [1.82, 2.24) is 0 Å². The van der Waals surface area contributed by atoms with E-state index in [-0.39, 0.29) is 22.4 Å². The van der Waals surface area contributed by atoms with Gasteiger partial charge in [0.25, 0.3) is 0 Å². The molecule has 0 aliphatic heterocycles. The maximum Gasteiger partial charge on any atom is 5.00 e. The Balaban J connectivity index is -0.000000170. The minimum Gasteiger partial charge on any atom is -0.547 e. The second-order valence-corrected chi connectivity index (χ2v) is 12.5. The summed E-state index contributed by atoms with van der Waals surface area (Å²) < 4.78 is 0. The van der Waals surface area contributed by atoms with E-state index < -0.39 is 185 Å². The van der Waals surface area contributed by atoms with Crippen LogP contribution in [-0.4, -0.2) is 313 Å². The van der Waals surface area contributed by atoms with Gasteiger partial charge in [-0.2, -0.15) is 0 Å². The molecule has 0 aliphatic rings. The second kappa shape index (κ2) is 39.0. The van der Waals surface area contributed by atoms with E-state index in [2.05, 4.69) is 0 Å². The topological polar surface area (TPSA) is 706 Å². The Morgan fingerprint density at radius 1 is 0.242 bits per heavy atom. The maximum absolute atomic E-state index is 9.98. The second-order valence-electron chi connectivity index (χ2n) is 12.5. The Morgan fingerprint density at radius 3 is 0.394 bits per heavy atom. The Kier molecular flexibility index (Phi) is 44.1. The molecule has 20 atom stereocenters. The molecule has 36 heteroatoms. The normalized spacial score (nSPS) is 20.1. The van der Waals surface area contributed by atoms with E-state index in [0.29, 0.717) is 0 Å². The van der Waals surface area contributed by atoms with Crippen molar-refractivity contribution in [2.45, 2.75) is 122 Å². The maximum atomic E-state index is 9.98. The Hall–Kier alpha value is -2.91. The van der Waals surface area contributed by atoms with Crippen molar-refractivity contribution in [2.24, 2.45) is 0 Å². The molecule has 390 valence electrons. The summed E-state index contributed by atoms with van der Waals surface area (Å²) >= 11 is 0. The van der Waals surface area contributed by atoms with Crippen LogP contribution >= 0.6 is 0 Å². The van der Waals surface area contributed by atoms with Crippen LogP contribution in [0.25, 0.3) is 0 Å². The molecule has 0 aromatic carbocycles. The molecule has 25 N–H and O–H groups in total. The van der Waals surface area contributed by atoms with Crippen molar-refractivity contribution in [3.05, 3.63) is 0 Å². The molecule has 0 aromatic rings. The van der Waals surface area contributed by atoms with Crippen LogP contribution in [0.5, 0.6) is 0 Å². The molecule has 0 heterocycles. The average Bonchev–Trinajstić information content (AvgIpc) is 3.28. The minimum absolute atomic E-state index is 0. The summed E-state index contributed by atoms with van der Waals surface area (Å²) in [6, 6.07) is 0. The molecule has 0 spiro atoms. The van der Waals surface area contributed by atoms with Gasteiger partial charge in [0.1, 0.15) is 122 Å². The van der Waals surface area contributed by atoms with Crippen molar-refractivity contribution < 1.29 is 200 Å². The number of aliphatic hydroxyl groups is 25. The van der Waals surface area contributed by atoms with E-state index in [1.165, 1.54) is 0 Å². The van der Waals surface area contributed by atoms with Gasteiger partial charge in [0.05, 0.1) is 62.9 Å². The first-order valence-electron chi connectivity index (χ1n) is 17.3. The zero-order chi connectivity index (χ0) is 53.0.